The summed E-state index contributed by atoms with van der Waals surface area (Å²) < 4.78 is 0. The van der Waals surface area contributed by atoms with Gasteiger partial charge in [-0.3, -0.25) is 0 Å². The lowest BCUT2D eigenvalue weighted by molar-refractivity contribution is 0.0995. The lowest BCUT2D eigenvalue weighted by atomic mass is 9.77. The Balaban J connectivity index is 2.01. The van der Waals surface area contributed by atoms with Crippen LogP contribution >= 0.6 is 0 Å². The topological polar surface area (TPSA) is 32.3 Å². The third kappa shape index (κ3) is 7.08. The van der Waals surface area contributed by atoms with Crippen LogP contribution in [0.4, 0.5) is 0 Å². The molecule has 2 N–H and O–H groups in total. The minimum atomic E-state index is 0.0405. The maximum Gasteiger partial charge on any atom is 0.0613 e. The second-order valence-corrected chi connectivity index (χ2v) is 7.04. The Morgan fingerprint density at radius 3 is 2.30 bits per heavy atom. The molecule has 1 aliphatic rings. The van der Waals surface area contributed by atoms with E-state index in [1.807, 2.05) is 0 Å². The summed E-state index contributed by atoms with van der Waals surface area (Å²) in [5, 5.41) is 13.4. The lowest BCUT2D eigenvalue weighted by Gasteiger charge is -2.39. The Hall–Kier alpha value is -0.0800. The molecular weight excluding hydrogens is 246 g/mol. The summed E-state index contributed by atoms with van der Waals surface area (Å²) in [5.74, 6) is 0.766. The summed E-state index contributed by atoms with van der Waals surface area (Å²) in [6, 6.07) is 0. The van der Waals surface area contributed by atoms with Crippen molar-refractivity contribution >= 4 is 0 Å². The molecule has 0 aromatic rings. The molecule has 0 saturated heterocycles. The van der Waals surface area contributed by atoms with Crippen LogP contribution in [-0.4, -0.2) is 23.8 Å². The van der Waals surface area contributed by atoms with E-state index in [0.29, 0.717) is 6.61 Å². The molecule has 1 saturated carbocycles. The van der Waals surface area contributed by atoms with Crippen molar-refractivity contribution < 1.29 is 5.11 Å². The minimum Gasteiger partial charge on any atom is -0.394 e. The van der Waals surface area contributed by atoms with Crippen molar-refractivity contribution in [3.63, 3.8) is 0 Å². The Bertz CT molecular complexity index is 231. The summed E-state index contributed by atoms with van der Waals surface area (Å²) in [6.07, 6.45) is 15.9. The molecule has 120 valence electrons. The first-order valence-corrected chi connectivity index (χ1v) is 9.08. The highest BCUT2D eigenvalue weighted by Gasteiger charge is 2.33. The van der Waals surface area contributed by atoms with Gasteiger partial charge in [0.05, 0.1) is 6.61 Å². The van der Waals surface area contributed by atoms with Gasteiger partial charge < -0.3 is 10.4 Å². The largest absolute Gasteiger partial charge is 0.394 e. The van der Waals surface area contributed by atoms with Gasteiger partial charge in [-0.15, -0.1) is 0 Å². The van der Waals surface area contributed by atoms with Crippen molar-refractivity contribution in [2.45, 2.75) is 96.4 Å². The van der Waals surface area contributed by atoms with Crippen LogP contribution in [0.2, 0.25) is 0 Å². The molecule has 0 amide bonds. The molecule has 0 bridgehead atoms. The maximum absolute atomic E-state index is 9.72. The van der Waals surface area contributed by atoms with Crippen LogP contribution in [0.25, 0.3) is 0 Å². The molecular formula is C18H37NO. The second-order valence-electron chi connectivity index (χ2n) is 7.04. The molecule has 0 aliphatic heterocycles. The minimum absolute atomic E-state index is 0.0405. The molecule has 2 unspecified atom stereocenters. The molecule has 20 heavy (non-hydrogen) atoms. The van der Waals surface area contributed by atoms with Crippen molar-refractivity contribution in [1.29, 1.82) is 0 Å². The van der Waals surface area contributed by atoms with Crippen LogP contribution in [0.3, 0.4) is 0 Å². The molecule has 1 rings (SSSR count). The standard InChI is InChI=1S/C18H37NO/c1-3-4-5-6-7-8-9-10-14-19-18(16-20)13-11-12-17(2)15-18/h17,19-20H,3-16H2,1-2H3. The maximum atomic E-state index is 9.72. The molecule has 0 aromatic heterocycles. The van der Waals surface area contributed by atoms with Crippen LogP contribution in [0.1, 0.15) is 90.9 Å². The van der Waals surface area contributed by atoms with Crippen molar-refractivity contribution in [3.8, 4) is 0 Å². The summed E-state index contributed by atoms with van der Waals surface area (Å²) in [7, 11) is 0. The Kier molecular flexibility index (Phi) is 9.54. The summed E-state index contributed by atoms with van der Waals surface area (Å²) in [4.78, 5) is 0. The third-order valence-electron chi connectivity index (χ3n) is 4.92. The van der Waals surface area contributed by atoms with E-state index in [0.717, 1.165) is 25.3 Å². The van der Waals surface area contributed by atoms with Crippen LogP contribution in [0.15, 0.2) is 0 Å². The SMILES string of the molecule is CCCCCCCCCCNC1(CO)CCCC(C)C1. The Morgan fingerprint density at radius 2 is 1.70 bits per heavy atom. The summed E-state index contributed by atoms with van der Waals surface area (Å²) in [6.45, 7) is 5.99. The highest BCUT2D eigenvalue weighted by atomic mass is 16.3. The van der Waals surface area contributed by atoms with Gasteiger partial charge in [0.25, 0.3) is 0 Å². The van der Waals surface area contributed by atoms with Crippen LogP contribution in [0, 0.1) is 5.92 Å². The fourth-order valence-electron chi connectivity index (χ4n) is 3.63. The van der Waals surface area contributed by atoms with Crippen molar-refractivity contribution in [2.24, 2.45) is 5.92 Å². The normalized spacial score (nSPS) is 26.9. The van der Waals surface area contributed by atoms with Gasteiger partial charge >= 0.3 is 0 Å². The third-order valence-corrected chi connectivity index (χ3v) is 4.92. The molecule has 2 nitrogen and oxygen atoms in total. The van der Waals surface area contributed by atoms with E-state index < -0.39 is 0 Å². The number of rotatable bonds is 11. The van der Waals surface area contributed by atoms with Gasteiger partial charge in [0, 0.05) is 5.54 Å². The molecule has 1 fully saturated rings. The first kappa shape index (κ1) is 18.0. The zero-order valence-corrected chi connectivity index (χ0v) is 13.9. The zero-order chi connectivity index (χ0) is 14.7. The molecule has 2 atom stereocenters. The van der Waals surface area contributed by atoms with E-state index in [1.54, 1.807) is 0 Å². The highest BCUT2D eigenvalue weighted by molar-refractivity contribution is 4.92. The van der Waals surface area contributed by atoms with Crippen molar-refractivity contribution in [2.75, 3.05) is 13.2 Å². The van der Waals surface area contributed by atoms with Crippen LogP contribution in [-0.2, 0) is 0 Å². The van der Waals surface area contributed by atoms with E-state index in [2.05, 4.69) is 19.2 Å². The van der Waals surface area contributed by atoms with Gasteiger partial charge in [-0.25, -0.2) is 0 Å². The molecule has 0 spiro atoms. The van der Waals surface area contributed by atoms with Gasteiger partial charge in [0.15, 0.2) is 0 Å². The van der Waals surface area contributed by atoms with Gasteiger partial charge in [0.2, 0.25) is 0 Å². The van der Waals surface area contributed by atoms with E-state index in [9.17, 15) is 5.11 Å². The van der Waals surface area contributed by atoms with E-state index >= 15 is 0 Å². The van der Waals surface area contributed by atoms with E-state index in [4.69, 9.17) is 0 Å². The Morgan fingerprint density at radius 1 is 1.05 bits per heavy atom. The highest BCUT2D eigenvalue weighted by Crippen LogP contribution is 2.31. The number of aliphatic hydroxyl groups excluding tert-OH is 1. The molecule has 0 heterocycles. The number of nitrogens with one attached hydrogen (secondary N) is 1. The molecule has 0 radical (unpaired) electrons. The summed E-state index contributed by atoms with van der Waals surface area (Å²) >= 11 is 0. The van der Waals surface area contributed by atoms with Gasteiger partial charge in [-0.2, -0.15) is 0 Å². The van der Waals surface area contributed by atoms with Crippen LogP contribution in [0.5, 0.6) is 0 Å². The van der Waals surface area contributed by atoms with E-state index in [-0.39, 0.29) is 5.54 Å². The monoisotopic (exact) mass is 283 g/mol. The predicted molar refractivity (Wildman–Crippen MR) is 88.1 cm³/mol. The van der Waals surface area contributed by atoms with Crippen LogP contribution < -0.4 is 5.32 Å². The van der Waals surface area contributed by atoms with Gasteiger partial charge in [0.1, 0.15) is 0 Å². The zero-order valence-electron chi connectivity index (χ0n) is 13.9. The number of hydrogen-bond acceptors (Lipinski definition) is 2. The molecule has 0 aromatic carbocycles. The first-order valence-electron chi connectivity index (χ1n) is 9.08. The predicted octanol–water partition coefficient (Wildman–Crippen LogP) is 4.66. The number of aliphatic hydroxyl groups is 1. The second kappa shape index (κ2) is 10.6. The molecule has 1 aliphatic carbocycles. The quantitative estimate of drug-likeness (QED) is 0.541. The smallest absolute Gasteiger partial charge is 0.0613 e. The summed E-state index contributed by atoms with van der Waals surface area (Å²) in [5.41, 5.74) is 0.0405. The van der Waals surface area contributed by atoms with Crippen molar-refractivity contribution in [1.82, 2.24) is 5.32 Å². The molecule has 2 heteroatoms. The van der Waals surface area contributed by atoms with E-state index in [1.165, 1.54) is 64.2 Å². The average Bonchev–Trinajstić information content (AvgIpc) is 2.45. The fourth-order valence-corrected chi connectivity index (χ4v) is 3.63. The first-order chi connectivity index (χ1) is 9.72. The van der Waals surface area contributed by atoms with Gasteiger partial charge in [-0.05, 0) is 31.7 Å². The lowest BCUT2D eigenvalue weighted by Crippen LogP contribution is -2.51. The fraction of sp³-hybridized carbons (Fsp3) is 1.00. The average molecular weight is 284 g/mol. The number of unbranched alkanes of at least 4 members (excludes halogenated alkanes) is 7. The van der Waals surface area contributed by atoms with Crippen molar-refractivity contribution in [3.05, 3.63) is 0 Å². The van der Waals surface area contributed by atoms with Gasteiger partial charge in [-0.1, -0.05) is 71.6 Å². The Labute approximate surface area is 126 Å². The number of hydrogen-bond donors (Lipinski definition) is 2.